The van der Waals surface area contributed by atoms with E-state index in [4.69, 9.17) is 11.5 Å². The molecule has 2 aromatic rings. The van der Waals surface area contributed by atoms with Crippen molar-refractivity contribution >= 4 is 22.7 Å². The third-order valence-corrected chi connectivity index (χ3v) is 2.73. The van der Waals surface area contributed by atoms with Crippen molar-refractivity contribution < 1.29 is 9.90 Å². The van der Waals surface area contributed by atoms with Gasteiger partial charge in [-0.15, -0.1) is 6.42 Å². The number of carboxylic acid groups (broad SMARTS) is 1. The van der Waals surface area contributed by atoms with Crippen molar-refractivity contribution in [2.45, 2.75) is 0 Å². The van der Waals surface area contributed by atoms with E-state index in [1.165, 1.54) is 4.90 Å². The Hall–Kier alpha value is -3.05. The molecular weight excluding hydrogens is 254 g/mol. The molecule has 0 spiro atoms. The summed E-state index contributed by atoms with van der Waals surface area (Å²) < 4.78 is 0. The van der Waals surface area contributed by atoms with E-state index in [0.717, 1.165) is 5.39 Å². The van der Waals surface area contributed by atoms with E-state index in [0.29, 0.717) is 16.9 Å². The molecule has 1 aromatic carbocycles. The second-order valence-electron chi connectivity index (χ2n) is 4.12. The van der Waals surface area contributed by atoms with Crippen LogP contribution in [0.25, 0.3) is 10.9 Å². The van der Waals surface area contributed by atoms with Crippen LogP contribution in [0.4, 0.5) is 5.82 Å². The lowest BCUT2D eigenvalue weighted by atomic mass is 10.1. The SMILES string of the molecule is C#CCN(CC(=O)O)c1nc2ccccc2cc1C#N. The fourth-order valence-corrected chi connectivity index (χ4v) is 1.91. The molecular formula is C15H11N3O2. The van der Waals surface area contributed by atoms with Crippen LogP contribution in [0.2, 0.25) is 0 Å². The summed E-state index contributed by atoms with van der Waals surface area (Å²) >= 11 is 0. The van der Waals surface area contributed by atoms with E-state index < -0.39 is 5.97 Å². The summed E-state index contributed by atoms with van der Waals surface area (Å²) in [5, 5.41) is 19.0. The number of nitrogens with zero attached hydrogens (tertiary/aromatic N) is 3. The molecule has 0 bridgehead atoms. The molecule has 0 aliphatic rings. The number of terminal acetylenes is 1. The third-order valence-electron chi connectivity index (χ3n) is 2.73. The van der Waals surface area contributed by atoms with Gasteiger partial charge in [0.15, 0.2) is 0 Å². The number of aliphatic carboxylic acids is 1. The topological polar surface area (TPSA) is 77.2 Å². The van der Waals surface area contributed by atoms with Gasteiger partial charge in [-0.05, 0) is 12.1 Å². The Kier molecular flexibility index (Phi) is 3.83. The van der Waals surface area contributed by atoms with Crippen LogP contribution in [0.3, 0.4) is 0 Å². The highest BCUT2D eigenvalue weighted by molar-refractivity contribution is 5.84. The molecule has 0 radical (unpaired) electrons. The number of nitriles is 1. The fraction of sp³-hybridized carbons (Fsp3) is 0.133. The molecule has 5 heteroatoms. The maximum Gasteiger partial charge on any atom is 0.323 e. The van der Waals surface area contributed by atoms with Gasteiger partial charge >= 0.3 is 5.97 Å². The lowest BCUT2D eigenvalue weighted by Crippen LogP contribution is -2.31. The zero-order valence-electron chi connectivity index (χ0n) is 10.6. The van der Waals surface area contributed by atoms with Gasteiger partial charge in [0, 0.05) is 5.39 Å². The molecule has 0 amide bonds. The Morgan fingerprint density at radius 2 is 2.20 bits per heavy atom. The van der Waals surface area contributed by atoms with Crippen molar-refractivity contribution in [1.82, 2.24) is 4.98 Å². The van der Waals surface area contributed by atoms with Crippen molar-refractivity contribution in [2.75, 3.05) is 18.0 Å². The predicted octanol–water partition coefficient (Wildman–Crippen LogP) is 1.63. The highest BCUT2D eigenvalue weighted by Crippen LogP contribution is 2.22. The van der Waals surface area contributed by atoms with Gasteiger partial charge in [-0.25, -0.2) is 4.98 Å². The van der Waals surface area contributed by atoms with Gasteiger partial charge in [0.1, 0.15) is 18.4 Å². The Morgan fingerprint density at radius 1 is 1.45 bits per heavy atom. The lowest BCUT2D eigenvalue weighted by Gasteiger charge is -2.20. The predicted molar refractivity (Wildman–Crippen MR) is 75.1 cm³/mol. The number of fused-ring (bicyclic) bond motifs is 1. The number of carbonyl (C=O) groups is 1. The smallest absolute Gasteiger partial charge is 0.323 e. The van der Waals surface area contributed by atoms with Crippen molar-refractivity contribution in [2.24, 2.45) is 0 Å². The van der Waals surface area contributed by atoms with Crippen LogP contribution in [-0.4, -0.2) is 29.1 Å². The molecule has 5 nitrogen and oxygen atoms in total. The van der Waals surface area contributed by atoms with Gasteiger partial charge in [-0.3, -0.25) is 4.79 Å². The van der Waals surface area contributed by atoms with Crippen molar-refractivity contribution in [3.05, 3.63) is 35.9 Å². The zero-order chi connectivity index (χ0) is 14.5. The Balaban J connectivity index is 2.58. The van der Waals surface area contributed by atoms with Gasteiger partial charge in [0.05, 0.1) is 17.6 Å². The molecule has 1 heterocycles. The number of para-hydroxylation sites is 1. The van der Waals surface area contributed by atoms with Crippen LogP contribution < -0.4 is 4.90 Å². The van der Waals surface area contributed by atoms with E-state index in [1.54, 1.807) is 12.1 Å². The average Bonchev–Trinajstić information content (AvgIpc) is 2.45. The summed E-state index contributed by atoms with van der Waals surface area (Å²) in [5.74, 6) is 1.65. The van der Waals surface area contributed by atoms with Crippen LogP contribution in [-0.2, 0) is 4.79 Å². The molecule has 1 N–H and O–H groups in total. The Morgan fingerprint density at radius 3 is 2.85 bits per heavy atom. The van der Waals surface area contributed by atoms with Gasteiger partial charge in [-0.2, -0.15) is 5.26 Å². The summed E-state index contributed by atoms with van der Waals surface area (Å²) in [6.45, 7) is -0.226. The number of hydrogen-bond acceptors (Lipinski definition) is 4. The largest absolute Gasteiger partial charge is 0.480 e. The molecule has 0 fully saturated rings. The lowest BCUT2D eigenvalue weighted by molar-refractivity contribution is -0.135. The number of pyridine rings is 1. The monoisotopic (exact) mass is 265 g/mol. The molecule has 0 aliphatic heterocycles. The minimum Gasteiger partial charge on any atom is -0.480 e. The fourth-order valence-electron chi connectivity index (χ4n) is 1.91. The molecule has 0 unspecified atom stereocenters. The summed E-state index contributed by atoms with van der Waals surface area (Å²) in [6, 6.07) is 11.0. The highest BCUT2D eigenvalue weighted by Gasteiger charge is 2.16. The van der Waals surface area contributed by atoms with E-state index in [2.05, 4.69) is 10.9 Å². The van der Waals surface area contributed by atoms with Crippen LogP contribution in [0.1, 0.15) is 5.56 Å². The van der Waals surface area contributed by atoms with Crippen molar-refractivity contribution in [3.8, 4) is 18.4 Å². The van der Waals surface area contributed by atoms with Gasteiger partial charge in [0.25, 0.3) is 0 Å². The van der Waals surface area contributed by atoms with Gasteiger partial charge in [-0.1, -0.05) is 24.1 Å². The first-order valence-corrected chi connectivity index (χ1v) is 5.86. The maximum atomic E-state index is 10.9. The number of carboxylic acids is 1. The van der Waals surface area contributed by atoms with Crippen LogP contribution >= 0.6 is 0 Å². The number of benzene rings is 1. The van der Waals surface area contributed by atoms with Crippen LogP contribution in [0.5, 0.6) is 0 Å². The molecule has 2 rings (SSSR count). The van der Waals surface area contributed by atoms with E-state index >= 15 is 0 Å². The average molecular weight is 265 g/mol. The maximum absolute atomic E-state index is 10.9. The van der Waals surface area contributed by atoms with Gasteiger partial charge < -0.3 is 10.0 Å². The number of aromatic nitrogens is 1. The number of hydrogen-bond donors (Lipinski definition) is 1. The first-order valence-electron chi connectivity index (χ1n) is 5.86. The Labute approximate surface area is 116 Å². The molecule has 98 valence electrons. The summed E-state index contributed by atoms with van der Waals surface area (Å²) in [6.07, 6.45) is 5.25. The van der Waals surface area contributed by atoms with Crippen molar-refractivity contribution in [3.63, 3.8) is 0 Å². The standard InChI is InChI=1S/C15H11N3O2/c1-2-7-18(10-14(19)20)15-12(9-16)8-11-5-3-4-6-13(11)17-15/h1,3-6,8H,7,10H2,(H,19,20). The number of rotatable bonds is 4. The molecule has 20 heavy (non-hydrogen) atoms. The first-order chi connectivity index (χ1) is 9.65. The minimum absolute atomic E-state index is 0.0757. The summed E-state index contributed by atoms with van der Waals surface area (Å²) in [5.41, 5.74) is 0.995. The summed E-state index contributed by atoms with van der Waals surface area (Å²) in [7, 11) is 0. The summed E-state index contributed by atoms with van der Waals surface area (Å²) in [4.78, 5) is 16.7. The quantitative estimate of drug-likeness (QED) is 0.850. The molecule has 0 saturated heterocycles. The Bertz CT molecular complexity index is 741. The normalized spacial score (nSPS) is 9.70. The third kappa shape index (κ3) is 2.68. The van der Waals surface area contributed by atoms with Gasteiger partial charge in [0.2, 0.25) is 0 Å². The van der Waals surface area contributed by atoms with E-state index in [1.807, 2.05) is 24.3 Å². The van der Waals surface area contributed by atoms with E-state index in [-0.39, 0.29) is 13.1 Å². The zero-order valence-corrected chi connectivity index (χ0v) is 10.6. The molecule has 0 atom stereocenters. The van der Waals surface area contributed by atoms with Crippen LogP contribution in [0.15, 0.2) is 30.3 Å². The minimum atomic E-state index is -1.03. The number of anilines is 1. The first kappa shape index (κ1) is 13.4. The molecule has 0 aliphatic carbocycles. The highest BCUT2D eigenvalue weighted by atomic mass is 16.4. The second-order valence-corrected chi connectivity index (χ2v) is 4.12. The molecule has 1 aromatic heterocycles. The molecule has 0 saturated carbocycles. The van der Waals surface area contributed by atoms with E-state index in [9.17, 15) is 10.1 Å². The van der Waals surface area contributed by atoms with Crippen LogP contribution in [0, 0.1) is 23.7 Å². The second kappa shape index (κ2) is 5.73. The van der Waals surface area contributed by atoms with Crippen molar-refractivity contribution in [1.29, 1.82) is 5.26 Å².